The number of phenolic OH excluding ortho intramolecular Hbond substituents is 1. The summed E-state index contributed by atoms with van der Waals surface area (Å²) in [6, 6.07) is 0.513. The van der Waals surface area contributed by atoms with E-state index >= 15 is 0 Å². The monoisotopic (exact) mass is 613 g/mol. The van der Waals surface area contributed by atoms with Gasteiger partial charge < -0.3 is 30.9 Å². The van der Waals surface area contributed by atoms with Crippen LogP contribution in [0.15, 0.2) is 24.3 Å². The van der Waals surface area contributed by atoms with Gasteiger partial charge in [0.15, 0.2) is 29.4 Å². The summed E-state index contributed by atoms with van der Waals surface area (Å²) in [4.78, 5) is 52.5. The molecule has 1 heterocycles. The van der Waals surface area contributed by atoms with E-state index in [1.54, 1.807) is 0 Å². The summed E-state index contributed by atoms with van der Waals surface area (Å²) in [6.07, 6.45) is -3.50. The molecule has 2 aromatic carbocycles. The Balaban J connectivity index is 1.75. The topological polar surface area (TPSA) is 154 Å². The Morgan fingerprint density at radius 2 is 1.51 bits per heavy atom. The second-order valence-corrected chi connectivity index (χ2v) is 10.6. The van der Waals surface area contributed by atoms with E-state index in [0.717, 1.165) is 6.92 Å². The van der Waals surface area contributed by atoms with Crippen molar-refractivity contribution in [3.63, 3.8) is 0 Å². The zero-order valence-electron chi connectivity index (χ0n) is 22.8. The van der Waals surface area contributed by atoms with E-state index in [0.29, 0.717) is 12.8 Å². The standard InChI is InChI=1S/C28H28F5N3O7/c1-10-23(38)15(9-14-17(29)19(31)21(33)20(32)18(14)30)35-26(40)22(36-25(39)13-5-3-4-6-16(13)37)11(2)34-27(41)24(12-7-8-12)43-28(10)42/h3-6,10-12,15,22-24,37-38H,7-9H2,1-2H3,(H,34,41)(H,35,40)(H,36,39)/t10-,11-,15+,22+,23+,24?/m1/s1. The number of ether oxygens (including phenoxy) is 1. The molecule has 2 aromatic rings. The molecule has 0 aromatic heterocycles. The molecule has 6 atom stereocenters. The highest BCUT2D eigenvalue weighted by Crippen LogP contribution is 2.35. The molecule has 1 aliphatic carbocycles. The minimum absolute atomic E-state index is 0.253. The van der Waals surface area contributed by atoms with Crippen molar-refractivity contribution in [1.29, 1.82) is 0 Å². The van der Waals surface area contributed by atoms with Crippen LogP contribution in [0.5, 0.6) is 5.75 Å². The van der Waals surface area contributed by atoms with Crippen molar-refractivity contribution in [2.24, 2.45) is 11.8 Å². The van der Waals surface area contributed by atoms with Crippen LogP contribution in [-0.4, -0.2) is 64.2 Å². The van der Waals surface area contributed by atoms with E-state index in [9.17, 15) is 51.3 Å². The van der Waals surface area contributed by atoms with Crippen molar-refractivity contribution < 1.29 is 56.1 Å². The van der Waals surface area contributed by atoms with Crippen LogP contribution in [0.3, 0.4) is 0 Å². The van der Waals surface area contributed by atoms with Crippen molar-refractivity contribution in [1.82, 2.24) is 16.0 Å². The Labute approximate surface area is 241 Å². The lowest BCUT2D eigenvalue weighted by molar-refractivity contribution is -0.165. The van der Waals surface area contributed by atoms with Crippen LogP contribution in [0.25, 0.3) is 0 Å². The molecule has 1 saturated heterocycles. The lowest BCUT2D eigenvalue weighted by Crippen LogP contribution is -2.62. The zero-order chi connectivity index (χ0) is 31.7. The van der Waals surface area contributed by atoms with Gasteiger partial charge in [-0.05, 0) is 38.8 Å². The van der Waals surface area contributed by atoms with Crippen molar-refractivity contribution in [2.75, 3.05) is 0 Å². The second kappa shape index (κ2) is 12.5. The molecule has 10 nitrogen and oxygen atoms in total. The van der Waals surface area contributed by atoms with Gasteiger partial charge in [-0.3, -0.25) is 19.2 Å². The number of nitrogens with one attached hydrogen (secondary N) is 3. The van der Waals surface area contributed by atoms with E-state index in [2.05, 4.69) is 16.0 Å². The van der Waals surface area contributed by atoms with Gasteiger partial charge in [0.25, 0.3) is 11.8 Å². The van der Waals surface area contributed by atoms with Gasteiger partial charge in [0, 0.05) is 17.9 Å². The maximum Gasteiger partial charge on any atom is 0.312 e. The van der Waals surface area contributed by atoms with Gasteiger partial charge in [0.1, 0.15) is 11.8 Å². The van der Waals surface area contributed by atoms with Gasteiger partial charge >= 0.3 is 5.97 Å². The minimum Gasteiger partial charge on any atom is -0.507 e. The Bertz CT molecular complexity index is 1430. The van der Waals surface area contributed by atoms with Gasteiger partial charge in [-0.15, -0.1) is 0 Å². The molecule has 1 saturated carbocycles. The lowest BCUT2D eigenvalue weighted by atomic mass is 9.91. The van der Waals surface area contributed by atoms with Crippen molar-refractivity contribution >= 4 is 23.7 Å². The largest absolute Gasteiger partial charge is 0.507 e. The van der Waals surface area contributed by atoms with Crippen LogP contribution in [0, 0.1) is 40.9 Å². The van der Waals surface area contributed by atoms with Crippen molar-refractivity contribution in [3.05, 3.63) is 64.5 Å². The van der Waals surface area contributed by atoms with Crippen LogP contribution in [0.2, 0.25) is 0 Å². The van der Waals surface area contributed by atoms with Gasteiger partial charge in [-0.2, -0.15) is 0 Å². The number of aliphatic hydroxyl groups excluding tert-OH is 1. The number of para-hydroxylation sites is 1. The zero-order valence-corrected chi connectivity index (χ0v) is 22.8. The summed E-state index contributed by atoms with van der Waals surface area (Å²) in [6.45, 7) is 2.43. The number of aliphatic hydroxyl groups is 1. The third kappa shape index (κ3) is 6.55. The molecule has 15 heteroatoms. The predicted octanol–water partition coefficient (Wildman–Crippen LogP) is 1.75. The number of carbonyl (C=O) groups is 4. The SMILES string of the molecule is C[C@H]1NC(=O)C(C2CC2)OC(=O)[C@H](C)[C@H](O)[C@H](Cc2c(F)c(F)c(F)c(F)c2F)NC(=O)[C@H]1NC(=O)c1ccccc1O. The summed E-state index contributed by atoms with van der Waals surface area (Å²) in [5.74, 6) is -17.8. The molecule has 0 spiro atoms. The smallest absolute Gasteiger partial charge is 0.312 e. The summed E-state index contributed by atoms with van der Waals surface area (Å²) >= 11 is 0. The van der Waals surface area contributed by atoms with E-state index in [4.69, 9.17) is 4.74 Å². The number of amides is 3. The molecule has 2 fully saturated rings. The summed E-state index contributed by atoms with van der Waals surface area (Å²) in [7, 11) is 0. The molecule has 0 bridgehead atoms. The van der Waals surface area contributed by atoms with Gasteiger partial charge in [0.2, 0.25) is 11.7 Å². The molecule has 0 radical (unpaired) electrons. The second-order valence-electron chi connectivity index (χ2n) is 10.6. The molecule has 3 amide bonds. The number of halogens is 5. The van der Waals surface area contributed by atoms with Crippen molar-refractivity contribution in [2.45, 2.75) is 63.4 Å². The van der Waals surface area contributed by atoms with Crippen LogP contribution in [-0.2, 0) is 25.5 Å². The highest BCUT2D eigenvalue weighted by Gasteiger charge is 2.44. The number of rotatable bonds is 5. The number of esters is 1. The molecule has 1 aliphatic heterocycles. The fraction of sp³-hybridized carbons (Fsp3) is 0.429. The minimum atomic E-state index is -2.42. The quantitative estimate of drug-likeness (QED) is 0.149. The number of cyclic esters (lactones) is 1. The number of aromatic hydroxyl groups is 1. The van der Waals surface area contributed by atoms with E-state index < -0.39 is 107 Å². The fourth-order valence-corrected chi connectivity index (χ4v) is 4.75. The molecule has 5 N–H and O–H groups in total. The summed E-state index contributed by atoms with van der Waals surface area (Å²) in [5.41, 5.74) is -1.63. The van der Waals surface area contributed by atoms with Crippen molar-refractivity contribution in [3.8, 4) is 5.75 Å². The fourth-order valence-electron chi connectivity index (χ4n) is 4.75. The summed E-state index contributed by atoms with van der Waals surface area (Å²) in [5, 5.41) is 28.2. The number of benzene rings is 2. The van der Waals surface area contributed by atoms with E-state index in [-0.39, 0.29) is 11.5 Å². The molecule has 232 valence electrons. The maximum absolute atomic E-state index is 14.6. The normalized spacial score (nSPS) is 26.8. The highest BCUT2D eigenvalue weighted by atomic mass is 19.2. The lowest BCUT2D eigenvalue weighted by Gasteiger charge is -2.33. The average molecular weight is 614 g/mol. The predicted molar refractivity (Wildman–Crippen MR) is 137 cm³/mol. The van der Waals surface area contributed by atoms with Crippen LogP contribution >= 0.6 is 0 Å². The molecular weight excluding hydrogens is 585 g/mol. The van der Waals surface area contributed by atoms with Crippen LogP contribution in [0.4, 0.5) is 22.0 Å². The first kappa shape index (κ1) is 31.7. The first-order chi connectivity index (χ1) is 20.2. The third-order valence-corrected chi connectivity index (χ3v) is 7.49. The first-order valence-electron chi connectivity index (χ1n) is 13.3. The van der Waals surface area contributed by atoms with E-state index in [1.807, 2.05) is 0 Å². The van der Waals surface area contributed by atoms with Crippen LogP contribution in [0.1, 0.15) is 42.6 Å². The molecule has 2 aliphatic rings. The molecule has 43 heavy (non-hydrogen) atoms. The Morgan fingerprint density at radius 3 is 2.09 bits per heavy atom. The third-order valence-electron chi connectivity index (χ3n) is 7.49. The van der Waals surface area contributed by atoms with E-state index in [1.165, 1.54) is 31.2 Å². The van der Waals surface area contributed by atoms with Gasteiger partial charge in [-0.1, -0.05) is 12.1 Å². The summed E-state index contributed by atoms with van der Waals surface area (Å²) < 4.78 is 76.1. The average Bonchev–Trinajstić information content (AvgIpc) is 3.82. The van der Waals surface area contributed by atoms with Gasteiger partial charge in [0.05, 0.1) is 29.7 Å². The molecule has 4 rings (SSSR count). The number of hydrogen-bond donors (Lipinski definition) is 5. The Morgan fingerprint density at radius 1 is 0.930 bits per heavy atom. The maximum atomic E-state index is 14.6. The molecular formula is C28H28F5N3O7. The first-order valence-corrected chi connectivity index (χ1v) is 13.3. The Hall–Kier alpha value is -4.27. The number of hydrogen-bond acceptors (Lipinski definition) is 7. The molecule has 1 unspecified atom stereocenters. The number of carbonyl (C=O) groups excluding carboxylic acids is 4. The number of phenols is 1. The highest BCUT2D eigenvalue weighted by molar-refractivity contribution is 6.00. The van der Waals surface area contributed by atoms with Gasteiger partial charge in [-0.25, -0.2) is 22.0 Å². The van der Waals surface area contributed by atoms with Crippen LogP contribution < -0.4 is 16.0 Å². The Kier molecular flexibility index (Phi) is 9.23.